The molecule has 0 aromatic heterocycles. The lowest BCUT2D eigenvalue weighted by atomic mass is 10.0. The number of benzene rings is 1. The van der Waals surface area contributed by atoms with Crippen LogP contribution in [0.25, 0.3) is 0 Å². The largest absolute Gasteiger partial charge is 0.384 e. The van der Waals surface area contributed by atoms with E-state index in [1.165, 1.54) is 0 Å². The van der Waals surface area contributed by atoms with Crippen LogP contribution in [0.5, 0.6) is 0 Å². The first-order valence-corrected chi connectivity index (χ1v) is 3.85. The molecule has 62 valence electrons. The highest BCUT2D eigenvalue weighted by molar-refractivity contribution is 5.29. The van der Waals surface area contributed by atoms with Gasteiger partial charge in [-0.25, -0.2) is 0 Å². The van der Waals surface area contributed by atoms with Crippen molar-refractivity contribution >= 4 is 0 Å². The predicted molar refractivity (Wildman–Crippen MR) is 49.8 cm³/mol. The van der Waals surface area contributed by atoms with Crippen LogP contribution in [0.1, 0.15) is 17.2 Å². The van der Waals surface area contributed by atoms with Crippen LogP contribution in [0.4, 0.5) is 0 Å². The third-order valence-electron chi connectivity index (χ3n) is 1.78. The molecular formula is C11H12O. The number of hydrogen-bond acceptors (Lipinski definition) is 1. The molecule has 1 rings (SSSR count). The van der Waals surface area contributed by atoms with Crippen molar-refractivity contribution in [2.45, 2.75) is 13.0 Å². The minimum atomic E-state index is -0.580. The summed E-state index contributed by atoms with van der Waals surface area (Å²) in [4.78, 5) is 0. The smallest absolute Gasteiger partial charge is 0.105 e. The maximum absolute atomic E-state index is 9.54. The second-order valence-electron chi connectivity index (χ2n) is 2.67. The van der Waals surface area contributed by atoms with Gasteiger partial charge in [0.2, 0.25) is 0 Å². The van der Waals surface area contributed by atoms with Crippen LogP contribution in [0.2, 0.25) is 0 Å². The molecule has 1 aromatic carbocycles. The van der Waals surface area contributed by atoms with E-state index in [9.17, 15) is 5.11 Å². The van der Waals surface area contributed by atoms with E-state index in [1.807, 2.05) is 31.2 Å². The van der Waals surface area contributed by atoms with Gasteiger partial charge in [0.25, 0.3) is 0 Å². The Morgan fingerprint density at radius 2 is 2.17 bits per heavy atom. The minimum absolute atomic E-state index is 0.580. The van der Waals surface area contributed by atoms with Crippen LogP contribution >= 0.6 is 0 Å². The van der Waals surface area contributed by atoms with Gasteiger partial charge in [-0.3, -0.25) is 0 Å². The van der Waals surface area contributed by atoms with E-state index < -0.39 is 6.10 Å². The summed E-state index contributed by atoms with van der Waals surface area (Å²) in [7, 11) is 0. The van der Waals surface area contributed by atoms with Crippen LogP contribution in [0, 0.1) is 6.92 Å². The number of aryl methyl sites for hydroxylation is 1. The predicted octanol–water partition coefficient (Wildman–Crippen LogP) is 2.37. The first-order chi connectivity index (χ1) is 5.75. The zero-order valence-corrected chi connectivity index (χ0v) is 7.12. The molecule has 0 heterocycles. The van der Waals surface area contributed by atoms with Gasteiger partial charge >= 0.3 is 0 Å². The second kappa shape index (κ2) is 3.91. The highest BCUT2D eigenvalue weighted by Crippen LogP contribution is 2.17. The molecule has 1 N–H and O–H groups in total. The van der Waals surface area contributed by atoms with Crippen LogP contribution in [-0.2, 0) is 0 Å². The standard InChI is InChI=1S/C11H12O/c1-3-6-11(12)10-8-5-4-7-9(10)2/h4-8,11-12H,1H2,2H3/t11-/m1/s1. The Balaban J connectivity index is 3.02. The summed E-state index contributed by atoms with van der Waals surface area (Å²) >= 11 is 0. The van der Waals surface area contributed by atoms with Crippen LogP contribution in [0.3, 0.4) is 0 Å². The highest BCUT2D eigenvalue weighted by Gasteiger charge is 2.04. The quantitative estimate of drug-likeness (QED) is 0.658. The van der Waals surface area contributed by atoms with Gasteiger partial charge in [-0.1, -0.05) is 30.8 Å². The monoisotopic (exact) mass is 160 g/mol. The van der Waals surface area contributed by atoms with Crippen molar-refractivity contribution in [3.63, 3.8) is 0 Å². The molecule has 0 spiro atoms. The Morgan fingerprint density at radius 1 is 1.50 bits per heavy atom. The van der Waals surface area contributed by atoms with Crippen LogP contribution in [0.15, 0.2) is 42.7 Å². The van der Waals surface area contributed by atoms with Gasteiger partial charge in [0, 0.05) is 0 Å². The van der Waals surface area contributed by atoms with E-state index >= 15 is 0 Å². The van der Waals surface area contributed by atoms with E-state index in [1.54, 1.807) is 6.08 Å². The van der Waals surface area contributed by atoms with E-state index in [4.69, 9.17) is 0 Å². The van der Waals surface area contributed by atoms with E-state index in [2.05, 4.69) is 12.3 Å². The molecule has 0 radical (unpaired) electrons. The van der Waals surface area contributed by atoms with Gasteiger partial charge in [0.15, 0.2) is 0 Å². The minimum Gasteiger partial charge on any atom is -0.384 e. The molecule has 0 amide bonds. The molecule has 0 saturated heterocycles. The Morgan fingerprint density at radius 3 is 2.75 bits per heavy atom. The summed E-state index contributed by atoms with van der Waals surface area (Å²) < 4.78 is 0. The fourth-order valence-corrected chi connectivity index (χ4v) is 1.12. The van der Waals surface area contributed by atoms with E-state index in [0.29, 0.717) is 0 Å². The number of rotatable bonds is 2. The van der Waals surface area contributed by atoms with Crippen molar-refractivity contribution in [2.24, 2.45) is 0 Å². The average molecular weight is 160 g/mol. The summed E-state index contributed by atoms with van der Waals surface area (Å²) in [6.45, 7) is 5.38. The molecule has 12 heavy (non-hydrogen) atoms. The third-order valence-corrected chi connectivity index (χ3v) is 1.78. The molecule has 0 saturated carbocycles. The Labute approximate surface area is 72.7 Å². The molecule has 1 atom stereocenters. The maximum Gasteiger partial charge on any atom is 0.105 e. The molecule has 0 aliphatic rings. The zero-order valence-electron chi connectivity index (χ0n) is 7.12. The first kappa shape index (κ1) is 8.79. The van der Waals surface area contributed by atoms with Crippen LogP contribution in [-0.4, -0.2) is 5.11 Å². The molecule has 0 fully saturated rings. The van der Waals surface area contributed by atoms with Crippen molar-refractivity contribution in [2.75, 3.05) is 0 Å². The number of aliphatic hydroxyl groups excluding tert-OH is 1. The van der Waals surface area contributed by atoms with Crippen molar-refractivity contribution in [3.05, 3.63) is 53.8 Å². The fourth-order valence-electron chi connectivity index (χ4n) is 1.12. The Bertz CT molecular complexity index is 309. The number of hydrogen-bond donors (Lipinski definition) is 1. The van der Waals surface area contributed by atoms with Gasteiger partial charge in [0.1, 0.15) is 6.10 Å². The molecule has 1 aromatic rings. The van der Waals surface area contributed by atoms with Gasteiger partial charge in [0.05, 0.1) is 0 Å². The molecule has 0 unspecified atom stereocenters. The third kappa shape index (κ3) is 1.85. The highest BCUT2D eigenvalue weighted by atomic mass is 16.3. The molecule has 1 heteroatoms. The molecule has 0 aliphatic heterocycles. The van der Waals surface area contributed by atoms with Crippen molar-refractivity contribution in [3.8, 4) is 0 Å². The summed E-state index contributed by atoms with van der Waals surface area (Å²) in [6, 6.07) is 7.72. The lowest BCUT2D eigenvalue weighted by Gasteiger charge is -2.07. The summed E-state index contributed by atoms with van der Waals surface area (Å²) in [5.41, 5.74) is 4.56. The van der Waals surface area contributed by atoms with E-state index in [-0.39, 0.29) is 0 Å². The summed E-state index contributed by atoms with van der Waals surface area (Å²) in [5, 5.41) is 9.54. The maximum atomic E-state index is 9.54. The normalized spacial score (nSPS) is 11.8. The van der Waals surface area contributed by atoms with Crippen molar-refractivity contribution in [1.82, 2.24) is 0 Å². The summed E-state index contributed by atoms with van der Waals surface area (Å²) in [5.74, 6) is 0. The van der Waals surface area contributed by atoms with Gasteiger partial charge < -0.3 is 5.11 Å². The lowest BCUT2D eigenvalue weighted by Crippen LogP contribution is -1.94. The van der Waals surface area contributed by atoms with Gasteiger partial charge in [-0.2, -0.15) is 0 Å². The topological polar surface area (TPSA) is 20.2 Å². The molecule has 1 nitrogen and oxygen atoms in total. The van der Waals surface area contributed by atoms with Gasteiger partial charge in [-0.05, 0) is 24.1 Å². The Kier molecular flexibility index (Phi) is 2.87. The van der Waals surface area contributed by atoms with Gasteiger partial charge in [-0.15, -0.1) is 5.73 Å². The number of aliphatic hydroxyl groups is 1. The zero-order chi connectivity index (χ0) is 8.97. The summed E-state index contributed by atoms with van der Waals surface area (Å²) in [6.07, 6.45) is 0.964. The molecule has 0 aliphatic carbocycles. The fraction of sp³-hybridized carbons (Fsp3) is 0.182. The average Bonchev–Trinajstić information content (AvgIpc) is 2.05. The second-order valence-corrected chi connectivity index (χ2v) is 2.67. The van der Waals surface area contributed by atoms with Crippen LogP contribution < -0.4 is 0 Å². The Hall–Kier alpha value is -1.30. The first-order valence-electron chi connectivity index (χ1n) is 3.85. The van der Waals surface area contributed by atoms with E-state index in [0.717, 1.165) is 11.1 Å². The SMILES string of the molecule is C=C=C[C@@H](O)c1ccccc1C. The lowest BCUT2D eigenvalue weighted by molar-refractivity contribution is 0.228. The van der Waals surface area contributed by atoms with Crippen molar-refractivity contribution < 1.29 is 5.11 Å². The molecular weight excluding hydrogens is 148 g/mol. The molecule has 0 bridgehead atoms. The van der Waals surface area contributed by atoms with Crippen molar-refractivity contribution in [1.29, 1.82) is 0 Å².